The predicted octanol–water partition coefficient (Wildman–Crippen LogP) is 2.49. The number of alkyl halides is 2. The van der Waals surface area contributed by atoms with Crippen molar-refractivity contribution in [1.82, 2.24) is 5.32 Å². The Balaban J connectivity index is 1.67. The number of carbonyl (C=O) groups excluding carboxylic acids is 2. The van der Waals surface area contributed by atoms with E-state index in [9.17, 15) is 9.59 Å². The second-order valence-electron chi connectivity index (χ2n) is 5.85. The molecule has 0 radical (unpaired) electrons. The Kier molecular flexibility index (Phi) is 3.41. The minimum atomic E-state index is -1.02. The number of amides is 2. The Morgan fingerprint density at radius 2 is 1.95 bits per heavy atom. The van der Waals surface area contributed by atoms with Gasteiger partial charge in [0.25, 0.3) is 0 Å². The van der Waals surface area contributed by atoms with E-state index >= 15 is 0 Å². The molecule has 1 aliphatic heterocycles. The lowest BCUT2D eigenvalue weighted by Crippen LogP contribution is -2.45. The lowest BCUT2D eigenvalue weighted by Gasteiger charge is -2.19. The fourth-order valence-electron chi connectivity index (χ4n) is 2.64. The van der Waals surface area contributed by atoms with Gasteiger partial charge in [0.05, 0.1) is 5.41 Å². The molecule has 0 aromatic heterocycles. The molecular formula is C15H16Cl2N2O2. The van der Waals surface area contributed by atoms with Crippen LogP contribution in [0.15, 0.2) is 30.3 Å². The summed E-state index contributed by atoms with van der Waals surface area (Å²) in [6.45, 7) is 2.31. The molecule has 6 heteroatoms. The summed E-state index contributed by atoms with van der Waals surface area (Å²) in [6.07, 6.45) is 1.01. The zero-order chi connectivity index (χ0) is 15.3. The number of rotatable bonds is 3. The lowest BCUT2D eigenvalue weighted by molar-refractivity contribution is -0.129. The minimum absolute atomic E-state index is 0.0893. The van der Waals surface area contributed by atoms with Crippen LogP contribution >= 0.6 is 23.2 Å². The second-order valence-corrected chi connectivity index (χ2v) is 7.34. The van der Waals surface area contributed by atoms with Gasteiger partial charge in [-0.25, -0.2) is 0 Å². The minimum Gasteiger partial charge on any atom is -0.344 e. The van der Waals surface area contributed by atoms with E-state index in [4.69, 9.17) is 23.2 Å². The molecule has 1 aromatic rings. The van der Waals surface area contributed by atoms with E-state index in [1.54, 1.807) is 11.8 Å². The van der Waals surface area contributed by atoms with Gasteiger partial charge in [0.15, 0.2) is 0 Å². The van der Waals surface area contributed by atoms with Crippen LogP contribution in [0.25, 0.3) is 0 Å². The largest absolute Gasteiger partial charge is 0.344 e. The van der Waals surface area contributed by atoms with Gasteiger partial charge < -0.3 is 10.2 Å². The second kappa shape index (κ2) is 4.89. The summed E-state index contributed by atoms with van der Waals surface area (Å²) in [6, 6.07) is 8.93. The average Bonchev–Trinajstić information content (AvgIpc) is 2.78. The maximum atomic E-state index is 12.4. The van der Waals surface area contributed by atoms with E-state index in [1.165, 1.54) is 0 Å². The highest BCUT2D eigenvalue weighted by molar-refractivity contribution is 6.53. The van der Waals surface area contributed by atoms with E-state index in [1.807, 2.05) is 30.3 Å². The number of benzene rings is 1. The molecule has 0 spiro atoms. The number of halogens is 2. The number of hydrogen-bond donors (Lipinski definition) is 1. The van der Waals surface area contributed by atoms with E-state index < -0.39 is 15.8 Å². The molecule has 1 N–H and O–H groups in total. The fourth-order valence-corrected chi connectivity index (χ4v) is 3.35. The Bertz CT molecular complexity index is 591. The quantitative estimate of drug-likeness (QED) is 0.867. The van der Waals surface area contributed by atoms with E-state index in [0.717, 1.165) is 5.69 Å². The molecule has 1 heterocycles. The number of hydrogen-bond acceptors (Lipinski definition) is 2. The standard InChI is InChI=1S/C15H16Cl2N2O2/c1-14(9-15(14,16)17)13(21)18-11-7-8-19(12(11)20)10-5-3-2-4-6-10/h2-6,11H,7-9H2,1H3,(H,18,21). The third kappa shape index (κ3) is 2.40. The third-order valence-electron chi connectivity index (χ3n) is 4.34. The molecule has 1 aliphatic carbocycles. The van der Waals surface area contributed by atoms with Crippen molar-refractivity contribution in [1.29, 1.82) is 0 Å². The van der Waals surface area contributed by atoms with Crippen LogP contribution in [-0.2, 0) is 9.59 Å². The molecule has 2 atom stereocenters. The van der Waals surface area contributed by atoms with Crippen molar-refractivity contribution < 1.29 is 9.59 Å². The molecule has 1 aromatic carbocycles. The molecule has 0 bridgehead atoms. The van der Waals surface area contributed by atoms with Gasteiger partial charge in [-0.05, 0) is 31.9 Å². The third-order valence-corrected chi connectivity index (χ3v) is 5.44. The molecule has 2 aliphatic rings. The molecule has 2 fully saturated rings. The molecule has 21 heavy (non-hydrogen) atoms. The molecule has 1 saturated carbocycles. The van der Waals surface area contributed by atoms with Crippen molar-refractivity contribution in [2.45, 2.75) is 30.1 Å². The van der Waals surface area contributed by atoms with Crippen LogP contribution in [0.2, 0.25) is 0 Å². The first-order valence-corrected chi connectivity index (χ1v) is 7.66. The molecule has 1 saturated heterocycles. The van der Waals surface area contributed by atoms with E-state index in [-0.39, 0.29) is 11.8 Å². The van der Waals surface area contributed by atoms with E-state index in [2.05, 4.69) is 5.32 Å². The number of nitrogens with one attached hydrogen (secondary N) is 1. The summed E-state index contributed by atoms with van der Waals surface area (Å²) in [5.74, 6) is -0.339. The van der Waals surface area contributed by atoms with Crippen molar-refractivity contribution in [3.63, 3.8) is 0 Å². The average molecular weight is 327 g/mol. The molecular weight excluding hydrogens is 311 g/mol. The number of anilines is 1. The van der Waals surface area contributed by atoms with Crippen molar-refractivity contribution in [2.75, 3.05) is 11.4 Å². The van der Waals surface area contributed by atoms with Gasteiger partial charge in [-0.3, -0.25) is 9.59 Å². The van der Waals surface area contributed by atoms with Crippen molar-refractivity contribution in [2.24, 2.45) is 5.41 Å². The summed E-state index contributed by atoms with van der Waals surface area (Å²) >= 11 is 12.0. The fraction of sp³-hybridized carbons (Fsp3) is 0.467. The highest BCUT2D eigenvalue weighted by Gasteiger charge is 2.68. The molecule has 2 amide bonds. The van der Waals surface area contributed by atoms with Crippen LogP contribution < -0.4 is 10.2 Å². The first-order valence-electron chi connectivity index (χ1n) is 6.90. The summed E-state index contributed by atoms with van der Waals surface area (Å²) in [5, 5.41) is 2.79. The monoisotopic (exact) mass is 326 g/mol. The molecule has 112 valence electrons. The zero-order valence-corrected chi connectivity index (χ0v) is 13.1. The Labute approximate surface area is 133 Å². The van der Waals surface area contributed by atoms with Gasteiger partial charge in [0.1, 0.15) is 10.4 Å². The van der Waals surface area contributed by atoms with Crippen LogP contribution in [0, 0.1) is 5.41 Å². The summed E-state index contributed by atoms with van der Waals surface area (Å²) in [5.41, 5.74) is 0.0530. The lowest BCUT2D eigenvalue weighted by atomic mass is 10.1. The Hall–Kier alpha value is -1.26. The Morgan fingerprint density at radius 3 is 2.52 bits per heavy atom. The molecule has 4 nitrogen and oxygen atoms in total. The van der Waals surface area contributed by atoms with Crippen LogP contribution in [-0.4, -0.2) is 28.7 Å². The van der Waals surface area contributed by atoms with Gasteiger partial charge in [-0.1, -0.05) is 18.2 Å². The van der Waals surface area contributed by atoms with Crippen LogP contribution in [0.4, 0.5) is 5.69 Å². The Morgan fingerprint density at radius 1 is 1.33 bits per heavy atom. The van der Waals surface area contributed by atoms with Gasteiger partial charge >= 0.3 is 0 Å². The van der Waals surface area contributed by atoms with Crippen LogP contribution in [0.5, 0.6) is 0 Å². The van der Waals surface area contributed by atoms with Gasteiger partial charge in [-0.15, -0.1) is 23.2 Å². The van der Waals surface area contributed by atoms with Crippen LogP contribution in [0.3, 0.4) is 0 Å². The topological polar surface area (TPSA) is 49.4 Å². The highest BCUT2D eigenvalue weighted by atomic mass is 35.5. The van der Waals surface area contributed by atoms with Gasteiger partial charge in [0, 0.05) is 12.2 Å². The maximum Gasteiger partial charge on any atom is 0.249 e. The predicted molar refractivity (Wildman–Crippen MR) is 82.5 cm³/mol. The number of nitrogens with zero attached hydrogens (tertiary/aromatic N) is 1. The number of para-hydroxylation sites is 1. The molecule has 3 rings (SSSR count). The summed E-state index contributed by atoms with van der Waals surface area (Å²) < 4.78 is -1.02. The zero-order valence-electron chi connectivity index (χ0n) is 11.6. The number of carbonyl (C=O) groups is 2. The summed E-state index contributed by atoms with van der Waals surface area (Å²) in [4.78, 5) is 26.3. The van der Waals surface area contributed by atoms with Crippen LogP contribution in [0.1, 0.15) is 19.8 Å². The molecule has 2 unspecified atom stereocenters. The van der Waals surface area contributed by atoms with Gasteiger partial charge in [0.2, 0.25) is 11.8 Å². The van der Waals surface area contributed by atoms with Crippen molar-refractivity contribution in [3.05, 3.63) is 30.3 Å². The first kappa shape index (κ1) is 14.7. The highest BCUT2D eigenvalue weighted by Crippen LogP contribution is 2.63. The smallest absolute Gasteiger partial charge is 0.249 e. The first-order chi connectivity index (χ1) is 9.85. The maximum absolute atomic E-state index is 12.4. The van der Waals surface area contributed by atoms with Crippen molar-refractivity contribution in [3.8, 4) is 0 Å². The van der Waals surface area contributed by atoms with Crippen molar-refractivity contribution >= 4 is 40.7 Å². The summed E-state index contributed by atoms with van der Waals surface area (Å²) in [7, 11) is 0. The SMILES string of the molecule is CC1(C(=O)NC2CCN(c3ccccc3)C2=O)CC1(Cl)Cl. The van der Waals surface area contributed by atoms with Gasteiger partial charge in [-0.2, -0.15) is 0 Å². The normalized spacial score (nSPS) is 30.3. The van der Waals surface area contributed by atoms with E-state index in [0.29, 0.717) is 19.4 Å².